The van der Waals surface area contributed by atoms with E-state index in [2.05, 4.69) is 42.7 Å². The van der Waals surface area contributed by atoms with Gasteiger partial charge in [-0.15, -0.1) is 0 Å². The molecule has 4 nitrogen and oxygen atoms in total. The molecule has 1 saturated heterocycles. The van der Waals surface area contributed by atoms with E-state index in [-0.39, 0.29) is 18.1 Å². The molecule has 0 spiro atoms. The molecular weight excluding hydrogens is 406 g/mol. The topological polar surface area (TPSA) is 52.9 Å². The third-order valence-electron chi connectivity index (χ3n) is 7.42. The largest absolute Gasteiger partial charge is 0.392 e. The molecule has 0 aromatic heterocycles. The van der Waals surface area contributed by atoms with E-state index in [1.807, 2.05) is 6.08 Å². The summed E-state index contributed by atoms with van der Waals surface area (Å²) in [5.41, 5.74) is 1.59. The van der Waals surface area contributed by atoms with Crippen LogP contribution in [0.4, 0.5) is 0 Å². The molecule has 2 N–H and O–H groups in total. The molecular formula is C26H45NO3S. The van der Waals surface area contributed by atoms with Gasteiger partial charge in [-0.3, -0.25) is 4.90 Å². The Balaban J connectivity index is 1.35. The maximum absolute atomic E-state index is 10.6. The Morgan fingerprint density at radius 1 is 1.29 bits per heavy atom. The summed E-state index contributed by atoms with van der Waals surface area (Å²) >= 11 is 2.07. The summed E-state index contributed by atoms with van der Waals surface area (Å²) in [5.74, 6) is 4.23. The molecule has 0 bridgehead atoms. The molecule has 0 radical (unpaired) electrons. The van der Waals surface area contributed by atoms with Crippen molar-refractivity contribution in [3.63, 3.8) is 0 Å². The molecule has 5 heteroatoms. The number of fused-ring (bicyclic) bond motifs is 1. The van der Waals surface area contributed by atoms with Gasteiger partial charge in [0.25, 0.3) is 0 Å². The van der Waals surface area contributed by atoms with Crippen molar-refractivity contribution >= 4 is 11.8 Å². The number of aliphatic hydroxyl groups excluding tert-OH is 2. The minimum Gasteiger partial charge on any atom is -0.392 e. The van der Waals surface area contributed by atoms with Crippen LogP contribution in [-0.2, 0) is 4.74 Å². The smallest absolute Gasteiger partial charge is 0.0723 e. The second kappa shape index (κ2) is 13.4. The zero-order valence-electron chi connectivity index (χ0n) is 19.8. The average Bonchev–Trinajstić information content (AvgIpc) is 3.27. The van der Waals surface area contributed by atoms with Gasteiger partial charge in [-0.05, 0) is 49.2 Å². The van der Waals surface area contributed by atoms with Crippen LogP contribution in [0.1, 0.15) is 58.8 Å². The fourth-order valence-corrected chi connectivity index (χ4v) is 6.53. The van der Waals surface area contributed by atoms with Crippen LogP contribution in [0.15, 0.2) is 23.8 Å². The fourth-order valence-electron chi connectivity index (χ4n) is 5.53. The van der Waals surface area contributed by atoms with Crippen LogP contribution < -0.4 is 0 Å². The second-order valence-electron chi connectivity index (χ2n) is 9.99. The molecule has 0 unspecified atom stereocenters. The molecule has 1 saturated carbocycles. The predicted molar refractivity (Wildman–Crippen MR) is 131 cm³/mol. The highest BCUT2D eigenvalue weighted by molar-refractivity contribution is 7.99. The Morgan fingerprint density at radius 3 is 2.87 bits per heavy atom. The first-order chi connectivity index (χ1) is 15.1. The van der Waals surface area contributed by atoms with Crippen LogP contribution in [0.5, 0.6) is 0 Å². The van der Waals surface area contributed by atoms with E-state index in [1.165, 1.54) is 43.7 Å². The summed E-state index contributed by atoms with van der Waals surface area (Å²) in [6, 6.07) is 0. The lowest BCUT2D eigenvalue weighted by Gasteiger charge is -2.26. The number of unbranched alkanes of at least 4 members (excludes halogenated alkanes) is 1. The summed E-state index contributed by atoms with van der Waals surface area (Å²) in [4.78, 5) is 2.51. The van der Waals surface area contributed by atoms with Crippen molar-refractivity contribution in [1.82, 2.24) is 4.90 Å². The Kier molecular flexibility index (Phi) is 10.9. The second-order valence-corrected chi connectivity index (χ2v) is 11.2. The lowest BCUT2D eigenvalue weighted by Crippen LogP contribution is -2.37. The van der Waals surface area contributed by atoms with E-state index < -0.39 is 0 Å². The van der Waals surface area contributed by atoms with Gasteiger partial charge in [-0.2, -0.15) is 11.8 Å². The minimum atomic E-state index is -0.380. The first-order valence-electron chi connectivity index (χ1n) is 12.7. The number of aliphatic hydroxyl groups is 2. The lowest BCUT2D eigenvalue weighted by molar-refractivity contribution is 0.0410. The van der Waals surface area contributed by atoms with Crippen molar-refractivity contribution in [3.05, 3.63) is 23.8 Å². The summed E-state index contributed by atoms with van der Waals surface area (Å²) in [6.45, 7) is 9.57. The molecule has 3 rings (SSSR count). The van der Waals surface area contributed by atoms with Gasteiger partial charge in [0.05, 0.1) is 25.4 Å². The quantitative estimate of drug-likeness (QED) is 0.319. The average molecular weight is 452 g/mol. The summed E-state index contributed by atoms with van der Waals surface area (Å²) in [7, 11) is 0. The van der Waals surface area contributed by atoms with Crippen LogP contribution >= 0.6 is 11.8 Å². The maximum atomic E-state index is 10.6. The van der Waals surface area contributed by atoms with E-state index in [0.717, 1.165) is 45.6 Å². The number of nitrogens with zero attached hydrogens (tertiary/aromatic N) is 1. The van der Waals surface area contributed by atoms with Crippen molar-refractivity contribution in [2.75, 3.05) is 44.4 Å². The molecule has 2 aliphatic carbocycles. The SMILES string of the molecule is CCCC[C@H](C)C[C@H](O)C=C[C@@H]1[C@H]2CC(CCSCCN3CCOCC3)=C[C@H]2C[C@H]1O. The standard InChI is InChI=1S/C26H45NO3S/c1-3-4-5-20(2)16-23(28)6-7-24-25-18-21(17-22(25)19-26(24)29)8-14-31-15-11-27-9-12-30-13-10-27/h6-7,17,20,22-26,28-29H,3-5,8-16,18-19H2,1-2H3/t20-,22-,23+,24+,25-,26+/m0/s1. The van der Waals surface area contributed by atoms with Crippen LogP contribution in [-0.4, -0.2) is 71.7 Å². The minimum absolute atomic E-state index is 0.202. The first kappa shape index (κ1) is 25.3. The third-order valence-corrected chi connectivity index (χ3v) is 8.39. The Morgan fingerprint density at radius 2 is 2.10 bits per heavy atom. The van der Waals surface area contributed by atoms with E-state index in [0.29, 0.717) is 17.8 Å². The lowest BCUT2D eigenvalue weighted by atomic mass is 9.88. The zero-order valence-corrected chi connectivity index (χ0v) is 20.6. The van der Waals surface area contributed by atoms with Crippen molar-refractivity contribution in [3.8, 4) is 0 Å². The molecule has 3 aliphatic rings. The number of hydrogen-bond acceptors (Lipinski definition) is 5. The van der Waals surface area contributed by atoms with Gasteiger partial charge < -0.3 is 14.9 Å². The van der Waals surface area contributed by atoms with Crippen molar-refractivity contribution in [1.29, 1.82) is 0 Å². The van der Waals surface area contributed by atoms with Crippen LogP contribution in [0.25, 0.3) is 0 Å². The van der Waals surface area contributed by atoms with Gasteiger partial charge in [0.2, 0.25) is 0 Å². The highest BCUT2D eigenvalue weighted by Crippen LogP contribution is 2.48. The molecule has 0 aromatic rings. The molecule has 1 heterocycles. The Bertz CT molecular complexity index is 575. The molecule has 2 fully saturated rings. The van der Waals surface area contributed by atoms with Gasteiger partial charge in [0.1, 0.15) is 0 Å². The number of morpholine rings is 1. The maximum Gasteiger partial charge on any atom is 0.0723 e. The van der Waals surface area contributed by atoms with Crippen LogP contribution in [0.2, 0.25) is 0 Å². The normalized spacial score (nSPS) is 31.2. The molecule has 1 aliphatic heterocycles. The number of allylic oxidation sites excluding steroid dienone is 2. The number of rotatable bonds is 13. The van der Waals surface area contributed by atoms with E-state index in [9.17, 15) is 10.2 Å². The van der Waals surface area contributed by atoms with E-state index >= 15 is 0 Å². The van der Waals surface area contributed by atoms with E-state index in [4.69, 9.17) is 4.74 Å². The van der Waals surface area contributed by atoms with E-state index in [1.54, 1.807) is 5.57 Å². The highest BCUT2D eigenvalue weighted by Gasteiger charge is 2.43. The summed E-state index contributed by atoms with van der Waals surface area (Å²) in [5, 5.41) is 21.0. The molecule has 0 aromatic carbocycles. The summed E-state index contributed by atoms with van der Waals surface area (Å²) in [6.07, 6.45) is 13.6. The van der Waals surface area contributed by atoms with Crippen LogP contribution in [0.3, 0.4) is 0 Å². The van der Waals surface area contributed by atoms with Gasteiger partial charge in [0, 0.05) is 31.3 Å². The Labute approximate surface area is 194 Å². The monoisotopic (exact) mass is 451 g/mol. The Hall–Kier alpha value is -0.330. The van der Waals surface area contributed by atoms with Crippen molar-refractivity contribution in [2.24, 2.45) is 23.7 Å². The van der Waals surface area contributed by atoms with Crippen molar-refractivity contribution < 1.29 is 14.9 Å². The predicted octanol–water partition coefficient (Wildman–Crippen LogP) is 4.52. The first-order valence-corrected chi connectivity index (χ1v) is 13.8. The molecule has 31 heavy (non-hydrogen) atoms. The van der Waals surface area contributed by atoms with Gasteiger partial charge >= 0.3 is 0 Å². The summed E-state index contributed by atoms with van der Waals surface area (Å²) < 4.78 is 5.42. The molecule has 178 valence electrons. The highest BCUT2D eigenvalue weighted by atomic mass is 32.2. The molecule has 6 atom stereocenters. The van der Waals surface area contributed by atoms with Gasteiger partial charge in [-0.1, -0.05) is 56.9 Å². The third kappa shape index (κ3) is 8.19. The zero-order chi connectivity index (χ0) is 22.1. The van der Waals surface area contributed by atoms with Gasteiger partial charge in [0.15, 0.2) is 0 Å². The van der Waals surface area contributed by atoms with Crippen LogP contribution in [0, 0.1) is 23.7 Å². The molecule has 0 amide bonds. The number of ether oxygens (including phenoxy) is 1. The number of thioether (sulfide) groups is 1. The van der Waals surface area contributed by atoms with Gasteiger partial charge in [-0.25, -0.2) is 0 Å². The number of hydrogen-bond donors (Lipinski definition) is 2. The van der Waals surface area contributed by atoms with Crippen molar-refractivity contribution in [2.45, 2.75) is 71.0 Å². The fraction of sp³-hybridized carbons (Fsp3) is 0.846.